The van der Waals surface area contributed by atoms with E-state index in [1.807, 2.05) is 24.8 Å². The van der Waals surface area contributed by atoms with Crippen LogP contribution in [0.4, 0.5) is 0 Å². The Labute approximate surface area is 130 Å². The first kappa shape index (κ1) is 15.1. The second-order valence-electron chi connectivity index (χ2n) is 6.16. The highest BCUT2D eigenvalue weighted by Gasteiger charge is 2.40. The molecule has 0 bridgehead atoms. The summed E-state index contributed by atoms with van der Waals surface area (Å²) >= 11 is 0. The van der Waals surface area contributed by atoms with Gasteiger partial charge in [0.2, 0.25) is 11.8 Å². The molecule has 0 spiro atoms. The number of morpholine rings is 1. The number of likely N-dealkylation sites (tertiary alicyclic amines) is 1. The van der Waals surface area contributed by atoms with E-state index in [4.69, 9.17) is 9.15 Å². The van der Waals surface area contributed by atoms with Crippen molar-refractivity contribution in [1.82, 2.24) is 9.80 Å². The smallest absolute Gasteiger partial charge is 0.245 e. The summed E-state index contributed by atoms with van der Waals surface area (Å²) in [6.07, 6.45) is 2.65. The van der Waals surface area contributed by atoms with Crippen LogP contribution in [0.15, 0.2) is 22.8 Å². The average molecular weight is 306 g/mol. The van der Waals surface area contributed by atoms with Crippen LogP contribution in [-0.4, -0.2) is 53.0 Å². The lowest BCUT2D eigenvalue weighted by Crippen LogP contribution is -2.54. The highest BCUT2D eigenvalue weighted by Crippen LogP contribution is 2.24. The minimum absolute atomic E-state index is 0.0177. The van der Waals surface area contributed by atoms with Crippen LogP contribution in [0.2, 0.25) is 0 Å². The molecule has 22 heavy (non-hydrogen) atoms. The van der Waals surface area contributed by atoms with Crippen LogP contribution in [0.1, 0.15) is 32.4 Å². The van der Waals surface area contributed by atoms with Crippen LogP contribution in [0.3, 0.4) is 0 Å². The molecule has 0 radical (unpaired) electrons. The zero-order valence-electron chi connectivity index (χ0n) is 13.0. The number of hydrogen-bond acceptors (Lipinski definition) is 4. The van der Waals surface area contributed by atoms with E-state index in [0.29, 0.717) is 38.2 Å². The van der Waals surface area contributed by atoms with Gasteiger partial charge in [0.05, 0.1) is 25.0 Å². The number of furan rings is 1. The number of hydrogen-bond donors (Lipinski definition) is 0. The Bertz CT molecular complexity index is 532. The fraction of sp³-hybridized carbons (Fsp3) is 0.625. The normalized spacial score (nSPS) is 29.2. The highest BCUT2D eigenvalue weighted by molar-refractivity contribution is 5.91. The van der Waals surface area contributed by atoms with Crippen LogP contribution in [-0.2, 0) is 20.9 Å². The van der Waals surface area contributed by atoms with Crippen molar-refractivity contribution < 1.29 is 18.7 Å². The standard InChI is InChI=1S/C16H22N2O4/c1-11-8-17(9-12(2)22-11)16(20)14-5-6-15(19)18(14)10-13-4-3-7-21-13/h3-4,7,11-12,14H,5-6,8-10H2,1-2H3. The molecule has 0 aromatic carbocycles. The molecule has 2 fully saturated rings. The molecule has 2 aliphatic rings. The molecule has 3 atom stereocenters. The van der Waals surface area contributed by atoms with E-state index in [9.17, 15) is 9.59 Å². The van der Waals surface area contributed by atoms with E-state index in [1.165, 1.54) is 0 Å². The van der Waals surface area contributed by atoms with E-state index in [-0.39, 0.29) is 30.1 Å². The van der Waals surface area contributed by atoms with Crippen molar-refractivity contribution in [2.75, 3.05) is 13.1 Å². The van der Waals surface area contributed by atoms with Crippen molar-refractivity contribution in [3.05, 3.63) is 24.2 Å². The summed E-state index contributed by atoms with van der Waals surface area (Å²) in [7, 11) is 0. The van der Waals surface area contributed by atoms with Crippen molar-refractivity contribution in [2.45, 2.75) is 51.5 Å². The van der Waals surface area contributed by atoms with Crippen LogP contribution in [0.25, 0.3) is 0 Å². The first-order valence-electron chi connectivity index (χ1n) is 7.80. The fourth-order valence-corrected chi connectivity index (χ4v) is 3.33. The third kappa shape index (κ3) is 3.02. The lowest BCUT2D eigenvalue weighted by Gasteiger charge is -2.38. The van der Waals surface area contributed by atoms with Gasteiger partial charge in [-0.1, -0.05) is 0 Å². The monoisotopic (exact) mass is 306 g/mol. The first-order chi connectivity index (χ1) is 10.5. The molecule has 6 heteroatoms. The maximum absolute atomic E-state index is 12.8. The molecule has 6 nitrogen and oxygen atoms in total. The van der Waals surface area contributed by atoms with Gasteiger partial charge in [0.15, 0.2) is 0 Å². The van der Waals surface area contributed by atoms with Crippen molar-refractivity contribution in [1.29, 1.82) is 0 Å². The van der Waals surface area contributed by atoms with Gasteiger partial charge >= 0.3 is 0 Å². The summed E-state index contributed by atoms with van der Waals surface area (Å²) in [5.74, 6) is 0.750. The molecule has 0 saturated carbocycles. The second-order valence-corrected chi connectivity index (χ2v) is 6.16. The number of nitrogens with zero attached hydrogens (tertiary/aromatic N) is 2. The van der Waals surface area contributed by atoms with E-state index in [1.54, 1.807) is 17.2 Å². The largest absolute Gasteiger partial charge is 0.467 e. The highest BCUT2D eigenvalue weighted by atomic mass is 16.5. The lowest BCUT2D eigenvalue weighted by molar-refractivity contribution is -0.150. The summed E-state index contributed by atoms with van der Waals surface area (Å²) in [4.78, 5) is 28.4. The Morgan fingerprint density at radius 1 is 1.32 bits per heavy atom. The van der Waals surface area contributed by atoms with E-state index in [2.05, 4.69) is 0 Å². The van der Waals surface area contributed by atoms with Crippen LogP contribution < -0.4 is 0 Å². The van der Waals surface area contributed by atoms with E-state index < -0.39 is 0 Å². The molecule has 3 unspecified atom stereocenters. The molecule has 2 amide bonds. The molecular formula is C16H22N2O4. The SMILES string of the molecule is CC1CN(C(=O)C2CCC(=O)N2Cc2ccco2)CC(C)O1. The maximum atomic E-state index is 12.8. The molecule has 2 saturated heterocycles. The minimum Gasteiger partial charge on any atom is -0.467 e. The van der Waals surface area contributed by atoms with Gasteiger partial charge in [-0.2, -0.15) is 0 Å². The number of ether oxygens (including phenoxy) is 1. The van der Waals surface area contributed by atoms with Gasteiger partial charge < -0.3 is 19.0 Å². The fourth-order valence-electron chi connectivity index (χ4n) is 3.33. The van der Waals surface area contributed by atoms with Gasteiger partial charge in [-0.15, -0.1) is 0 Å². The van der Waals surface area contributed by atoms with Crippen molar-refractivity contribution in [3.63, 3.8) is 0 Å². The van der Waals surface area contributed by atoms with E-state index >= 15 is 0 Å². The summed E-state index contributed by atoms with van der Waals surface area (Å²) in [5.41, 5.74) is 0. The average Bonchev–Trinajstić information content (AvgIpc) is 3.09. The topological polar surface area (TPSA) is 63.0 Å². The zero-order valence-corrected chi connectivity index (χ0v) is 13.0. The van der Waals surface area contributed by atoms with Crippen molar-refractivity contribution in [2.24, 2.45) is 0 Å². The Hall–Kier alpha value is -1.82. The van der Waals surface area contributed by atoms with Gasteiger partial charge in [0.1, 0.15) is 11.8 Å². The molecule has 120 valence electrons. The number of amides is 2. The minimum atomic E-state index is -0.380. The molecule has 1 aromatic rings. The van der Waals surface area contributed by atoms with Gasteiger partial charge in [-0.05, 0) is 32.4 Å². The molecule has 1 aromatic heterocycles. The first-order valence-corrected chi connectivity index (χ1v) is 7.80. The Balaban J connectivity index is 1.71. The summed E-state index contributed by atoms with van der Waals surface area (Å²) < 4.78 is 11.0. The van der Waals surface area contributed by atoms with Crippen LogP contribution >= 0.6 is 0 Å². The van der Waals surface area contributed by atoms with Gasteiger partial charge in [-0.3, -0.25) is 9.59 Å². The number of carbonyl (C=O) groups excluding carboxylic acids is 2. The predicted molar refractivity (Wildman–Crippen MR) is 78.9 cm³/mol. The molecular weight excluding hydrogens is 284 g/mol. The predicted octanol–water partition coefficient (Wildman–Crippen LogP) is 1.41. The van der Waals surface area contributed by atoms with Crippen molar-refractivity contribution in [3.8, 4) is 0 Å². The van der Waals surface area contributed by atoms with Crippen LogP contribution in [0.5, 0.6) is 0 Å². The van der Waals surface area contributed by atoms with Gasteiger partial charge in [0.25, 0.3) is 0 Å². The second kappa shape index (κ2) is 6.12. The Kier molecular flexibility index (Phi) is 4.20. The summed E-state index contributed by atoms with van der Waals surface area (Å²) in [5, 5.41) is 0. The molecule has 0 N–H and O–H groups in total. The molecule has 2 aliphatic heterocycles. The molecule has 0 aliphatic carbocycles. The van der Waals surface area contributed by atoms with E-state index in [0.717, 1.165) is 0 Å². The van der Waals surface area contributed by atoms with Crippen molar-refractivity contribution >= 4 is 11.8 Å². The van der Waals surface area contributed by atoms with Gasteiger partial charge in [-0.25, -0.2) is 0 Å². The van der Waals surface area contributed by atoms with Crippen LogP contribution in [0, 0.1) is 0 Å². The van der Waals surface area contributed by atoms with Gasteiger partial charge in [0, 0.05) is 19.5 Å². The molecule has 3 heterocycles. The lowest BCUT2D eigenvalue weighted by atomic mass is 10.1. The quantitative estimate of drug-likeness (QED) is 0.847. The Morgan fingerprint density at radius 2 is 2.05 bits per heavy atom. The summed E-state index contributed by atoms with van der Waals surface area (Å²) in [6, 6.07) is 3.24. The zero-order chi connectivity index (χ0) is 15.7. The Morgan fingerprint density at radius 3 is 2.68 bits per heavy atom. The maximum Gasteiger partial charge on any atom is 0.245 e. The number of carbonyl (C=O) groups is 2. The molecule has 3 rings (SSSR count). The third-order valence-electron chi connectivity index (χ3n) is 4.25. The summed E-state index contributed by atoms with van der Waals surface area (Å²) in [6.45, 7) is 5.47. The third-order valence-corrected chi connectivity index (χ3v) is 4.25. The number of rotatable bonds is 3.